The van der Waals surface area contributed by atoms with Gasteiger partial charge < -0.3 is 19.4 Å². The third-order valence-corrected chi connectivity index (χ3v) is 7.63. The summed E-state index contributed by atoms with van der Waals surface area (Å²) in [6.07, 6.45) is 2.49. The predicted octanol–water partition coefficient (Wildman–Crippen LogP) is 4.11. The quantitative estimate of drug-likeness (QED) is 0.511. The monoisotopic (exact) mass is 497 g/mol. The number of anilines is 2. The Hall–Kier alpha value is -2.84. The molecular formula is C25H28ClN5O2S. The molecule has 0 bridgehead atoms. The molecule has 178 valence electrons. The predicted molar refractivity (Wildman–Crippen MR) is 136 cm³/mol. The Balaban J connectivity index is 1.22. The van der Waals surface area contributed by atoms with E-state index < -0.39 is 0 Å². The lowest BCUT2D eigenvalue weighted by molar-refractivity contribution is -0.132. The number of hydrogen-bond acceptors (Lipinski definition) is 7. The number of hydrogen-bond donors (Lipinski definition) is 0. The molecule has 0 N–H and O–H groups in total. The first-order valence-electron chi connectivity index (χ1n) is 11.6. The molecule has 0 saturated carbocycles. The summed E-state index contributed by atoms with van der Waals surface area (Å²) in [5, 5.41) is 1.59. The van der Waals surface area contributed by atoms with Crippen LogP contribution >= 0.6 is 23.1 Å². The molecule has 2 saturated heterocycles. The van der Waals surface area contributed by atoms with E-state index in [1.54, 1.807) is 7.11 Å². The number of methoxy groups -OCH3 is 1. The van der Waals surface area contributed by atoms with E-state index in [4.69, 9.17) is 21.3 Å². The molecule has 34 heavy (non-hydrogen) atoms. The Morgan fingerprint density at radius 3 is 2.74 bits per heavy atom. The van der Waals surface area contributed by atoms with E-state index in [0.29, 0.717) is 19.5 Å². The standard InChI is InChI=1S/C25H28ClN5O2S/c1-33-19-7-4-6-18(16-19)17-23-27-25(34-28-23)31-11-5-10-22(31)24(32)30-14-12-29(13-15-30)21-9-3-2-8-20(21)26/h2-4,6-9,16,22H,5,10-15,17H2,1H3. The zero-order valence-corrected chi connectivity index (χ0v) is 20.8. The Morgan fingerprint density at radius 2 is 1.94 bits per heavy atom. The summed E-state index contributed by atoms with van der Waals surface area (Å²) in [5.41, 5.74) is 2.14. The maximum absolute atomic E-state index is 13.4. The zero-order chi connectivity index (χ0) is 23.5. The van der Waals surface area contributed by atoms with Crippen molar-refractivity contribution in [3.8, 4) is 5.75 Å². The number of carbonyl (C=O) groups is 1. The fourth-order valence-electron chi connectivity index (χ4n) is 4.74. The van der Waals surface area contributed by atoms with Crippen molar-refractivity contribution in [2.75, 3.05) is 49.6 Å². The maximum atomic E-state index is 13.4. The maximum Gasteiger partial charge on any atom is 0.245 e. The number of benzene rings is 2. The second-order valence-electron chi connectivity index (χ2n) is 8.64. The van der Waals surface area contributed by atoms with Crippen LogP contribution in [0, 0.1) is 0 Å². The van der Waals surface area contributed by atoms with Crippen molar-refractivity contribution in [1.29, 1.82) is 0 Å². The van der Waals surface area contributed by atoms with Gasteiger partial charge in [-0.1, -0.05) is 35.9 Å². The SMILES string of the molecule is COc1cccc(Cc2nsc(N3CCCC3C(=O)N3CCN(c4ccccc4Cl)CC3)n2)c1. The largest absolute Gasteiger partial charge is 0.497 e. The Labute approximate surface area is 209 Å². The van der Waals surface area contributed by atoms with Crippen molar-refractivity contribution < 1.29 is 9.53 Å². The summed E-state index contributed by atoms with van der Waals surface area (Å²) >= 11 is 7.75. The number of ether oxygens (including phenoxy) is 1. The van der Waals surface area contributed by atoms with Gasteiger partial charge in [-0.3, -0.25) is 4.79 Å². The van der Waals surface area contributed by atoms with E-state index in [9.17, 15) is 4.79 Å². The first-order valence-corrected chi connectivity index (χ1v) is 12.8. The normalized spacial score (nSPS) is 18.4. The molecule has 0 radical (unpaired) electrons. The van der Waals surface area contributed by atoms with Crippen LogP contribution in [0.2, 0.25) is 5.02 Å². The van der Waals surface area contributed by atoms with Crippen LogP contribution in [0.25, 0.3) is 0 Å². The Kier molecular flexibility index (Phi) is 6.87. The number of para-hydroxylation sites is 1. The van der Waals surface area contributed by atoms with Crippen molar-refractivity contribution in [3.05, 3.63) is 64.9 Å². The minimum absolute atomic E-state index is 0.163. The molecule has 3 heterocycles. The topological polar surface area (TPSA) is 61.8 Å². The lowest BCUT2D eigenvalue weighted by atomic mass is 10.1. The molecule has 2 fully saturated rings. The van der Waals surface area contributed by atoms with Gasteiger partial charge in [0.25, 0.3) is 0 Å². The van der Waals surface area contributed by atoms with Gasteiger partial charge in [-0.05, 0) is 42.7 Å². The highest BCUT2D eigenvalue weighted by atomic mass is 35.5. The van der Waals surface area contributed by atoms with Crippen molar-refractivity contribution >= 4 is 39.9 Å². The van der Waals surface area contributed by atoms with Crippen LogP contribution in [0.5, 0.6) is 5.75 Å². The van der Waals surface area contributed by atoms with E-state index in [0.717, 1.165) is 65.5 Å². The number of piperazine rings is 1. The average Bonchev–Trinajstić information content (AvgIpc) is 3.54. The Morgan fingerprint density at radius 1 is 1.12 bits per heavy atom. The van der Waals surface area contributed by atoms with Crippen LogP contribution in [-0.4, -0.2) is 66.0 Å². The fraction of sp³-hybridized carbons (Fsp3) is 0.400. The summed E-state index contributed by atoms with van der Waals surface area (Å²) in [6.45, 7) is 3.80. The van der Waals surface area contributed by atoms with Crippen molar-refractivity contribution in [1.82, 2.24) is 14.3 Å². The van der Waals surface area contributed by atoms with Crippen LogP contribution in [-0.2, 0) is 11.2 Å². The van der Waals surface area contributed by atoms with Crippen LogP contribution in [0.4, 0.5) is 10.8 Å². The molecular weight excluding hydrogens is 470 g/mol. The summed E-state index contributed by atoms with van der Waals surface area (Å²) < 4.78 is 9.89. The van der Waals surface area contributed by atoms with E-state index in [2.05, 4.69) is 14.2 Å². The first-order chi connectivity index (χ1) is 16.6. The number of amides is 1. The van der Waals surface area contributed by atoms with Gasteiger partial charge >= 0.3 is 0 Å². The van der Waals surface area contributed by atoms with Crippen molar-refractivity contribution in [3.63, 3.8) is 0 Å². The molecule has 3 aromatic rings. The summed E-state index contributed by atoms with van der Waals surface area (Å²) in [4.78, 5) is 24.6. The number of rotatable bonds is 6. The van der Waals surface area contributed by atoms with Crippen LogP contribution < -0.4 is 14.5 Å². The van der Waals surface area contributed by atoms with Gasteiger partial charge in [0.05, 0.1) is 17.8 Å². The van der Waals surface area contributed by atoms with Gasteiger partial charge in [0.2, 0.25) is 11.0 Å². The van der Waals surface area contributed by atoms with Gasteiger partial charge in [-0.15, -0.1) is 0 Å². The minimum atomic E-state index is -0.163. The van der Waals surface area contributed by atoms with E-state index in [-0.39, 0.29) is 11.9 Å². The number of nitrogens with zero attached hydrogens (tertiary/aromatic N) is 5. The van der Waals surface area contributed by atoms with E-state index in [1.807, 2.05) is 53.4 Å². The highest BCUT2D eigenvalue weighted by Crippen LogP contribution is 2.30. The first kappa shape index (κ1) is 22.9. The minimum Gasteiger partial charge on any atom is -0.497 e. The van der Waals surface area contributed by atoms with Crippen molar-refractivity contribution in [2.45, 2.75) is 25.3 Å². The van der Waals surface area contributed by atoms with Crippen molar-refractivity contribution in [2.24, 2.45) is 0 Å². The Bertz CT molecular complexity index is 1150. The summed E-state index contributed by atoms with van der Waals surface area (Å²) in [5.74, 6) is 1.80. The molecule has 7 nitrogen and oxygen atoms in total. The lowest BCUT2D eigenvalue weighted by Crippen LogP contribution is -2.54. The smallest absolute Gasteiger partial charge is 0.245 e. The molecule has 1 unspecified atom stereocenters. The number of carbonyl (C=O) groups excluding carboxylic acids is 1. The van der Waals surface area contributed by atoms with Crippen LogP contribution in [0.1, 0.15) is 24.2 Å². The van der Waals surface area contributed by atoms with Crippen LogP contribution in [0.15, 0.2) is 48.5 Å². The number of halogens is 1. The molecule has 2 aromatic carbocycles. The molecule has 2 aliphatic rings. The second kappa shape index (κ2) is 10.2. The highest BCUT2D eigenvalue weighted by Gasteiger charge is 2.36. The summed E-state index contributed by atoms with van der Waals surface area (Å²) in [7, 11) is 1.67. The molecule has 1 atom stereocenters. The second-order valence-corrected chi connectivity index (χ2v) is 9.77. The lowest BCUT2D eigenvalue weighted by Gasteiger charge is -2.38. The molecule has 9 heteroatoms. The molecule has 0 spiro atoms. The molecule has 5 rings (SSSR count). The van der Waals surface area contributed by atoms with Gasteiger partial charge in [-0.2, -0.15) is 4.37 Å². The van der Waals surface area contributed by atoms with Crippen LogP contribution in [0.3, 0.4) is 0 Å². The molecule has 1 aromatic heterocycles. The van der Waals surface area contributed by atoms with Gasteiger partial charge in [0.1, 0.15) is 17.6 Å². The third-order valence-electron chi connectivity index (χ3n) is 6.52. The molecule has 0 aliphatic carbocycles. The van der Waals surface area contributed by atoms with Gasteiger partial charge in [0.15, 0.2) is 0 Å². The zero-order valence-electron chi connectivity index (χ0n) is 19.2. The third kappa shape index (κ3) is 4.83. The summed E-state index contributed by atoms with van der Waals surface area (Å²) in [6, 6.07) is 15.7. The fourth-order valence-corrected chi connectivity index (χ4v) is 5.75. The molecule has 1 amide bonds. The van der Waals surface area contributed by atoms with E-state index in [1.165, 1.54) is 11.5 Å². The number of aromatic nitrogens is 2. The highest BCUT2D eigenvalue weighted by molar-refractivity contribution is 7.09. The average molecular weight is 498 g/mol. The van der Waals surface area contributed by atoms with Gasteiger partial charge in [0, 0.05) is 50.7 Å². The molecule has 2 aliphatic heterocycles. The van der Waals surface area contributed by atoms with Gasteiger partial charge in [-0.25, -0.2) is 4.98 Å². The van der Waals surface area contributed by atoms with E-state index >= 15 is 0 Å².